The lowest BCUT2D eigenvalue weighted by Gasteiger charge is -2.33. The third-order valence-corrected chi connectivity index (χ3v) is 3.76. The first-order valence-corrected chi connectivity index (χ1v) is 7.31. The van der Waals surface area contributed by atoms with Gasteiger partial charge >= 0.3 is 6.03 Å². The molecule has 0 spiro atoms. The summed E-state index contributed by atoms with van der Waals surface area (Å²) in [7, 11) is 3.47. The molecule has 1 saturated heterocycles. The summed E-state index contributed by atoms with van der Waals surface area (Å²) in [5, 5.41) is 2.94. The third kappa shape index (κ3) is 3.97. The minimum absolute atomic E-state index is 0.00453. The molecule has 1 aromatic rings. The number of carbonyl (C=O) groups excluding carboxylic acids is 2. The largest absolute Gasteiger partial charge is 0.331 e. The van der Waals surface area contributed by atoms with Crippen LogP contribution in [0.2, 0.25) is 0 Å². The molecule has 0 saturated carbocycles. The van der Waals surface area contributed by atoms with Crippen LogP contribution in [0.25, 0.3) is 0 Å². The van der Waals surface area contributed by atoms with Crippen molar-refractivity contribution in [2.24, 2.45) is 5.92 Å². The number of hydrogen-bond acceptors (Lipinski definition) is 2. The van der Waals surface area contributed by atoms with Crippen LogP contribution in [-0.4, -0.2) is 48.9 Å². The SMILES string of the molecule is Cc1ccc(NC(=O)[C@H]2CCCN(C(=O)N(C)C)C2)cc1. The van der Waals surface area contributed by atoms with Gasteiger partial charge in [-0.25, -0.2) is 4.79 Å². The number of aryl methyl sites for hydroxylation is 1. The standard InChI is InChI=1S/C16H23N3O2/c1-12-6-8-14(9-7-12)17-15(20)13-5-4-10-19(11-13)16(21)18(2)3/h6-9,13H,4-5,10-11H2,1-3H3,(H,17,20)/t13-/m0/s1. The van der Waals surface area contributed by atoms with Gasteiger partial charge in [-0.2, -0.15) is 0 Å². The summed E-state index contributed by atoms with van der Waals surface area (Å²) >= 11 is 0. The highest BCUT2D eigenvalue weighted by atomic mass is 16.2. The Bertz CT molecular complexity index is 511. The maximum Gasteiger partial charge on any atom is 0.319 e. The van der Waals surface area contributed by atoms with Crippen molar-refractivity contribution in [1.82, 2.24) is 9.80 Å². The second-order valence-electron chi connectivity index (χ2n) is 5.82. The molecule has 114 valence electrons. The number of piperidine rings is 1. The second kappa shape index (κ2) is 6.61. The number of carbonyl (C=O) groups is 2. The van der Waals surface area contributed by atoms with E-state index in [-0.39, 0.29) is 17.9 Å². The van der Waals surface area contributed by atoms with Gasteiger partial charge in [0.15, 0.2) is 0 Å². The van der Waals surface area contributed by atoms with Crippen LogP contribution in [0.15, 0.2) is 24.3 Å². The van der Waals surface area contributed by atoms with Crippen LogP contribution in [0.3, 0.4) is 0 Å². The molecule has 0 unspecified atom stereocenters. The van der Waals surface area contributed by atoms with E-state index in [9.17, 15) is 9.59 Å². The average molecular weight is 289 g/mol. The summed E-state index contributed by atoms with van der Waals surface area (Å²) in [6.45, 7) is 3.23. The number of anilines is 1. The van der Waals surface area contributed by atoms with Crippen LogP contribution in [0.5, 0.6) is 0 Å². The maximum atomic E-state index is 12.3. The molecular formula is C16H23N3O2. The van der Waals surface area contributed by atoms with Gasteiger partial charge in [-0.3, -0.25) is 4.79 Å². The molecule has 0 aliphatic carbocycles. The molecule has 1 heterocycles. The smallest absolute Gasteiger partial charge is 0.319 e. The third-order valence-electron chi connectivity index (χ3n) is 3.76. The first-order valence-electron chi connectivity index (χ1n) is 7.31. The van der Waals surface area contributed by atoms with Crippen molar-refractivity contribution < 1.29 is 9.59 Å². The lowest BCUT2D eigenvalue weighted by Crippen LogP contribution is -2.47. The topological polar surface area (TPSA) is 52.7 Å². The van der Waals surface area contributed by atoms with Crippen molar-refractivity contribution in [3.63, 3.8) is 0 Å². The molecule has 21 heavy (non-hydrogen) atoms. The minimum Gasteiger partial charge on any atom is -0.331 e. The molecule has 5 heteroatoms. The zero-order valence-corrected chi connectivity index (χ0v) is 12.9. The van der Waals surface area contributed by atoms with Crippen molar-refractivity contribution in [2.45, 2.75) is 19.8 Å². The summed E-state index contributed by atoms with van der Waals surface area (Å²) in [6.07, 6.45) is 1.69. The number of urea groups is 1. The fourth-order valence-electron chi connectivity index (χ4n) is 2.53. The lowest BCUT2D eigenvalue weighted by molar-refractivity contribution is -0.121. The van der Waals surface area contributed by atoms with Gasteiger partial charge < -0.3 is 15.1 Å². The summed E-state index contributed by atoms with van der Waals surface area (Å²) in [5.74, 6) is -0.140. The Morgan fingerprint density at radius 1 is 1.24 bits per heavy atom. The van der Waals surface area contributed by atoms with E-state index in [1.807, 2.05) is 31.2 Å². The van der Waals surface area contributed by atoms with Gasteiger partial charge in [0, 0.05) is 32.9 Å². The van der Waals surface area contributed by atoms with Gasteiger partial charge in [-0.1, -0.05) is 17.7 Å². The monoisotopic (exact) mass is 289 g/mol. The molecule has 3 amide bonds. The van der Waals surface area contributed by atoms with Crippen LogP contribution in [0.4, 0.5) is 10.5 Å². The molecule has 2 rings (SSSR count). The van der Waals surface area contributed by atoms with Gasteiger partial charge in [0.2, 0.25) is 5.91 Å². The molecular weight excluding hydrogens is 266 g/mol. The Kier molecular flexibility index (Phi) is 4.83. The number of likely N-dealkylation sites (tertiary alicyclic amines) is 1. The average Bonchev–Trinajstić information content (AvgIpc) is 2.48. The minimum atomic E-state index is -0.135. The zero-order chi connectivity index (χ0) is 15.4. The quantitative estimate of drug-likeness (QED) is 0.908. The van der Waals surface area contributed by atoms with Crippen molar-refractivity contribution in [3.8, 4) is 0 Å². The highest BCUT2D eigenvalue weighted by Gasteiger charge is 2.29. The normalized spacial score (nSPS) is 18.2. The van der Waals surface area contributed by atoms with Gasteiger partial charge in [0.25, 0.3) is 0 Å². The van der Waals surface area contributed by atoms with Crippen LogP contribution in [0.1, 0.15) is 18.4 Å². The summed E-state index contributed by atoms with van der Waals surface area (Å²) in [4.78, 5) is 27.6. The van der Waals surface area contributed by atoms with E-state index < -0.39 is 0 Å². The van der Waals surface area contributed by atoms with Crippen LogP contribution < -0.4 is 5.32 Å². The molecule has 1 aliphatic rings. The Hall–Kier alpha value is -2.04. The maximum absolute atomic E-state index is 12.3. The summed E-state index contributed by atoms with van der Waals surface area (Å²) < 4.78 is 0. The van der Waals surface area contributed by atoms with E-state index in [0.717, 1.165) is 30.6 Å². The van der Waals surface area contributed by atoms with Crippen LogP contribution >= 0.6 is 0 Å². The van der Waals surface area contributed by atoms with E-state index in [1.165, 1.54) is 0 Å². The molecule has 0 bridgehead atoms. The van der Waals surface area contributed by atoms with Crippen molar-refractivity contribution in [1.29, 1.82) is 0 Å². The summed E-state index contributed by atoms with van der Waals surface area (Å²) in [5.41, 5.74) is 1.97. The van der Waals surface area contributed by atoms with E-state index >= 15 is 0 Å². The van der Waals surface area contributed by atoms with Crippen LogP contribution in [-0.2, 0) is 4.79 Å². The first-order chi connectivity index (χ1) is 9.97. The number of rotatable bonds is 2. The van der Waals surface area contributed by atoms with E-state index in [1.54, 1.807) is 23.9 Å². The highest BCUT2D eigenvalue weighted by Crippen LogP contribution is 2.19. The van der Waals surface area contributed by atoms with Crippen LogP contribution in [0, 0.1) is 12.8 Å². The van der Waals surface area contributed by atoms with Gasteiger partial charge in [-0.15, -0.1) is 0 Å². The molecule has 1 atom stereocenters. The number of nitrogens with one attached hydrogen (secondary N) is 1. The molecule has 1 aromatic carbocycles. The van der Waals surface area contributed by atoms with Crippen molar-refractivity contribution in [2.75, 3.05) is 32.5 Å². The second-order valence-corrected chi connectivity index (χ2v) is 5.82. The van der Waals surface area contributed by atoms with E-state index in [2.05, 4.69) is 5.32 Å². The number of benzene rings is 1. The zero-order valence-electron chi connectivity index (χ0n) is 12.9. The Labute approximate surface area is 125 Å². The fourth-order valence-corrected chi connectivity index (χ4v) is 2.53. The van der Waals surface area contributed by atoms with Gasteiger partial charge in [-0.05, 0) is 31.9 Å². The number of hydrogen-bond donors (Lipinski definition) is 1. The van der Waals surface area contributed by atoms with Crippen molar-refractivity contribution >= 4 is 17.6 Å². The summed E-state index contributed by atoms with van der Waals surface area (Å²) in [6, 6.07) is 7.72. The Balaban J connectivity index is 1.96. The predicted octanol–water partition coefficient (Wildman–Crippen LogP) is 2.33. The molecule has 1 N–H and O–H groups in total. The van der Waals surface area contributed by atoms with Gasteiger partial charge in [0.1, 0.15) is 0 Å². The first kappa shape index (κ1) is 15.4. The lowest BCUT2D eigenvalue weighted by atomic mass is 9.97. The molecule has 0 aromatic heterocycles. The molecule has 1 aliphatic heterocycles. The fraction of sp³-hybridized carbons (Fsp3) is 0.500. The van der Waals surface area contributed by atoms with Crippen molar-refractivity contribution in [3.05, 3.63) is 29.8 Å². The number of amides is 3. The Morgan fingerprint density at radius 3 is 2.52 bits per heavy atom. The Morgan fingerprint density at radius 2 is 1.90 bits per heavy atom. The number of nitrogens with zero attached hydrogens (tertiary/aromatic N) is 2. The molecule has 0 radical (unpaired) electrons. The highest BCUT2D eigenvalue weighted by molar-refractivity contribution is 5.93. The van der Waals surface area contributed by atoms with Gasteiger partial charge in [0.05, 0.1) is 5.92 Å². The molecule has 5 nitrogen and oxygen atoms in total. The molecule has 1 fully saturated rings. The predicted molar refractivity (Wildman–Crippen MR) is 83.2 cm³/mol. The van der Waals surface area contributed by atoms with E-state index in [4.69, 9.17) is 0 Å². The van der Waals surface area contributed by atoms with E-state index in [0.29, 0.717) is 6.54 Å².